The number of carbonyl (C=O) groups excluding carboxylic acids is 4. The van der Waals surface area contributed by atoms with Crippen LogP contribution in [0.25, 0.3) is 0 Å². The molecule has 2 rings (SSSR count). The van der Waals surface area contributed by atoms with Crippen molar-refractivity contribution in [1.29, 1.82) is 5.26 Å². The number of aliphatic hydroxyl groups excluding tert-OH is 1. The lowest BCUT2D eigenvalue weighted by Crippen LogP contribution is -2.52. The molecular formula is C29H48N6O5S2. The van der Waals surface area contributed by atoms with Gasteiger partial charge in [-0.25, -0.2) is 5.43 Å². The van der Waals surface area contributed by atoms with Crippen LogP contribution >= 0.6 is 24.0 Å². The number of aliphatic hydroxyl groups is 1. The van der Waals surface area contributed by atoms with Crippen molar-refractivity contribution in [2.45, 2.75) is 92.1 Å². The zero-order chi connectivity index (χ0) is 31.8. The van der Waals surface area contributed by atoms with E-state index in [2.05, 4.69) is 27.6 Å². The Labute approximate surface area is 259 Å². The Kier molecular flexibility index (Phi) is 12.8. The molecule has 0 spiro atoms. The number of unbranched alkanes of at least 4 members (excludes halogenated alkanes) is 2. The zero-order valence-corrected chi connectivity index (χ0v) is 27.5. The van der Waals surface area contributed by atoms with Gasteiger partial charge >= 0.3 is 0 Å². The summed E-state index contributed by atoms with van der Waals surface area (Å²) in [6.07, 6.45) is 2.86. The third-order valence-electron chi connectivity index (χ3n) is 8.95. The lowest BCUT2D eigenvalue weighted by molar-refractivity contribution is -0.141. The molecule has 11 nitrogen and oxygen atoms in total. The molecule has 4 unspecified atom stereocenters. The number of amides is 4. The summed E-state index contributed by atoms with van der Waals surface area (Å²) in [4.78, 5) is 53.2. The van der Waals surface area contributed by atoms with Crippen molar-refractivity contribution in [2.75, 3.05) is 32.4 Å². The summed E-state index contributed by atoms with van der Waals surface area (Å²) >= 11 is 6.75. The Morgan fingerprint density at radius 3 is 2.40 bits per heavy atom. The van der Waals surface area contributed by atoms with Crippen LogP contribution in [0.3, 0.4) is 0 Å². The van der Waals surface area contributed by atoms with E-state index in [0.717, 1.165) is 12.2 Å². The molecule has 4 atom stereocenters. The SMILES string of the molecule is CNNC(=O)CCCCCNC(=O)C(C)(C)CC(C)(C(=O)NCC(C)O)C1(C)CC1(C#N)CCC(=O)N1CCSC1=S. The number of nitriles is 1. The molecule has 4 amide bonds. The first-order valence-corrected chi connectivity index (χ1v) is 16.1. The number of thioether (sulfide) groups is 1. The standard InChI is InChI=1S/C29H48N6O5S2/c1-20(36)16-33-24(40)27(4,17-26(2,3)23(39)32-13-9-7-8-10-21(37)34-31-6)28(5)18-29(28,19-30)12-11-22(38)35-14-15-42-25(35)41/h20,31,36H,7-18H2,1-6H3,(H,32,39)(H,33,40)(H,34,37). The predicted octanol–water partition coefficient (Wildman–Crippen LogP) is 2.39. The van der Waals surface area contributed by atoms with Gasteiger partial charge in [0.05, 0.1) is 23.0 Å². The second-order valence-corrected chi connectivity index (χ2v) is 14.4. The summed E-state index contributed by atoms with van der Waals surface area (Å²) in [6, 6.07) is 2.44. The summed E-state index contributed by atoms with van der Waals surface area (Å²) in [5.41, 5.74) is 1.32. The predicted molar refractivity (Wildman–Crippen MR) is 167 cm³/mol. The van der Waals surface area contributed by atoms with Crippen molar-refractivity contribution in [2.24, 2.45) is 21.7 Å². The van der Waals surface area contributed by atoms with Crippen LogP contribution < -0.4 is 21.5 Å². The van der Waals surface area contributed by atoms with Gasteiger partial charge in [0.15, 0.2) is 0 Å². The van der Waals surface area contributed by atoms with E-state index in [1.54, 1.807) is 39.6 Å². The molecule has 13 heteroatoms. The van der Waals surface area contributed by atoms with Gasteiger partial charge in [-0.3, -0.25) is 29.5 Å². The fourth-order valence-electron chi connectivity index (χ4n) is 6.10. The molecule has 0 radical (unpaired) electrons. The Balaban J connectivity index is 2.13. The average molecular weight is 625 g/mol. The molecule has 5 N–H and O–H groups in total. The lowest BCUT2D eigenvalue weighted by atomic mass is 9.62. The van der Waals surface area contributed by atoms with Crippen molar-refractivity contribution in [3.63, 3.8) is 0 Å². The van der Waals surface area contributed by atoms with Crippen LogP contribution in [0.1, 0.15) is 86.0 Å². The lowest BCUT2D eigenvalue weighted by Gasteiger charge is -2.42. The fraction of sp³-hybridized carbons (Fsp3) is 0.793. The van der Waals surface area contributed by atoms with Crippen LogP contribution in [0.4, 0.5) is 0 Å². The minimum absolute atomic E-state index is 0.0472. The third kappa shape index (κ3) is 8.42. The molecule has 2 aliphatic rings. The van der Waals surface area contributed by atoms with Gasteiger partial charge in [-0.15, -0.1) is 0 Å². The van der Waals surface area contributed by atoms with E-state index < -0.39 is 27.8 Å². The molecule has 236 valence electrons. The van der Waals surface area contributed by atoms with Gasteiger partial charge in [-0.05, 0) is 39.0 Å². The molecule has 1 heterocycles. The smallest absolute Gasteiger partial charge is 0.234 e. The first kappa shape index (κ1) is 35.9. The summed E-state index contributed by atoms with van der Waals surface area (Å²) in [6.45, 7) is 9.91. The van der Waals surface area contributed by atoms with Crippen LogP contribution in [0, 0.1) is 33.0 Å². The Bertz CT molecular complexity index is 1080. The molecule has 0 aromatic rings. The highest BCUT2D eigenvalue weighted by molar-refractivity contribution is 8.23. The van der Waals surface area contributed by atoms with Gasteiger partial charge < -0.3 is 15.7 Å². The second kappa shape index (κ2) is 14.9. The number of hydrogen-bond donors (Lipinski definition) is 5. The fourth-order valence-corrected chi connectivity index (χ4v) is 7.34. The highest BCUT2D eigenvalue weighted by Gasteiger charge is 2.74. The molecule has 1 saturated carbocycles. The van der Waals surface area contributed by atoms with Gasteiger partial charge in [0.25, 0.3) is 0 Å². The maximum absolute atomic E-state index is 13.8. The van der Waals surface area contributed by atoms with Crippen molar-refractivity contribution in [3.05, 3.63) is 0 Å². The second-order valence-electron chi connectivity index (χ2n) is 12.7. The summed E-state index contributed by atoms with van der Waals surface area (Å²) in [5.74, 6) is 0.0365. The zero-order valence-electron chi connectivity index (χ0n) is 25.9. The van der Waals surface area contributed by atoms with Crippen molar-refractivity contribution >= 4 is 51.9 Å². The molecule has 1 saturated heterocycles. The number of nitrogens with zero attached hydrogens (tertiary/aromatic N) is 2. The van der Waals surface area contributed by atoms with E-state index in [1.165, 1.54) is 11.8 Å². The van der Waals surface area contributed by atoms with E-state index in [4.69, 9.17) is 12.2 Å². The first-order valence-electron chi connectivity index (χ1n) is 14.7. The normalized spacial score (nSPS) is 23.9. The number of rotatable bonds is 17. The van der Waals surface area contributed by atoms with Gasteiger partial charge in [-0.1, -0.05) is 58.1 Å². The molecule has 0 aromatic heterocycles. The maximum atomic E-state index is 13.8. The summed E-state index contributed by atoms with van der Waals surface area (Å²) in [7, 11) is 1.63. The maximum Gasteiger partial charge on any atom is 0.234 e. The molecule has 42 heavy (non-hydrogen) atoms. The van der Waals surface area contributed by atoms with E-state index in [1.807, 2.05) is 6.92 Å². The molecule has 0 aromatic carbocycles. The number of carbonyl (C=O) groups is 4. The topological polar surface area (TPSA) is 164 Å². The average Bonchev–Trinajstić information content (AvgIpc) is 3.32. The molecular weight excluding hydrogens is 576 g/mol. The van der Waals surface area contributed by atoms with E-state index >= 15 is 0 Å². The molecule has 1 aliphatic carbocycles. The molecule has 2 fully saturated rings. The Hall–Kier alpha value is -2.27. The highest BCUT2D eigenvalue weighted by Crippen LogP contribution is 2.75. The van der Waals surface area contributed by atoms with Gasteiger partial charge in [-0.2, -0.15) is 5.26 Å². The van der Waals surface area contributed by atoms with Gasteiger partial charge in [0, 0.05) is 56.1 Å². The van der Waals surface area contributed by atoms with Crippen LogP contribution in [0.15, 0.2) is 0 Å². The van der Waals surface area contributed by atoms with Crippen LogP contribution in [0.2, 0.25) is 0 Å². The van der Waals surface area contributed by atoms with Crippen LogP contribution in [0.5, 0.6) is 0 Å². The first-order chi connectivity index (χ1) is 19.6. The van der Waals surface area contributed by atoms with E-state index in [9.17, 15) is 29.5 Å². The third-order valence-corrected chi connectivity index (χ3v) is 10.4. The summed E-state index contributed by atoms with van der Waals surface area (Å²) in [5, 5.41) is 26.0. The minimum atomic E-state index is -1.14. The monoisotopic (exact) mass is 624 g/mol. The number of thiocarbonyl (C=S) groups is 1. The number of hydrogen-bond acceptors (Lipinski definition) is 9. The van der Waals surface area contributed by atoms with Crippen molar-refractivity contribution < 1.29 is 24.3 Å². The highest BCUT2D eigenvalue weighted by atomic mass is 32.2. The molecule has 1 aliphatic heterocycles. The van der Waals surface area contributed by atoms with E-state index in [-0.39, 0.29) is 43.0 Å². The van der Waals surface area contributed by atoms with E-state index in [0.29, 0.717) is 49.5 Å². The number of hydrazine groups is 1. The van der Waals surface area contributed by atoms with Crippen molar-refractivity contribution in [3.8, 4) is 6.07 Å². The molecule has 0 bridgehead atoms. The Morgan fingerprint density at radius 2 is 1.83 bits per heavy atom. The number of nitrogens with one attached hydrogen (secondary N) is 4. The van der Waals surface area contributed by atoms with Crippen LogP contribution in [-0.2, 0) is 19.2 Å². The summed E-state index contributed by atoms with van der Waals surface area (Å²) < 4.78 is 0.555. The van der Waals surface area contributed by atoms with Crippen LogP contribution in [-0.4, -0.2) is 76.5 Å². The Morgan fingerprint density at radius 1 is 1.14 bits per heavy atom. The van der Waals surface area contributed by atoms with Gasteiger partial charge in [0.1, 0.15) is 4.32 Å². The van der Waals surface area contributed by atoms with Crippen molar-refractivity contribution in [1.82, 2.24) is 26.4 Å². The largest absolute Gasteiger partial charge is 0.392 e. The quantitative estimate of drug-likeness (QED) is 0.0929. The minimum Gasteiger partial charge on any atom is -0.392 e. The van der Waals surface area contributed by atoms with Gasteiger partial charge in [0.2, 0.25) is 23.6 Å².